The lowest BCUT2D eigenvalue weighted by Crippen LogP contribution is -2.19. The summed E-state index contributed by atoms with van der Waals surface area (Å²) in [5.41, 5.74) is 20.5. The zero-order valence-corrected chi connectivity index (χ0v) is 54.7. The largest absolute Gasteiger partial charge is 0.494 e. The lowest BCUT2D eigenvalue weighted by Gasteiger charge is -2.28. The number of benzene rings is 8. The smallest absolute Gasteiger partial charge is 0.150 e. The molecule has 0 amide bonds. The molecule has 11 rings (SSSR count). The summed E-state index contributed by atoms with van der Waals surface area (Å²) in [5.74, 6) is 0.808. The molecule has 0 fully saturated rings. The summed E-state index contributed by atoms with van der Waals surface area (Å²) in [6.07, 6.45) is 0. The maximum atomic E-state index is 5.86. The number of aromatic nitrogens is 5. The molecule has 0 spiro atoms. The molecule has 0 unspecified atom stereocenters. The topological polar surface area (TPSA) is 65.7 Å². The van der Waals surface area contributed by atoms with E-state index in [4.69, 9.17) is 24.9 Å². The number of methoxy groups -OCH3 is 1. The van der Waals surface area contributed by atoms with E-state index in [1.165, 1.54) is 38.9 Å². The van der Waals surface area contributed by atoms with E-state index < -0.39 is 0 Å². The predicted octanol–water partition coefficient (Wildman–Crippen LogP) is 21.8. The Morgan fingerprint density at radius 3 is 1.10 bits per heavy atom. The summed E-state index contributed by atoms with van der Waals surface area (Å²) in [4.78, 5) is 12.1. The monoisotopic (exact) mass is 1320 g/mol. The van der Waals surface area contributed by atoms with Gasteiger partial charge in [-0.05, 0) is 182 Å². The van der Waals surface area contributed by atoms with Gasteiger partial charge in [-0.3, -0.25) is 0 Å². The van der Waals surface area contributed by atoms with Crippen molar-refractivity contribution in [3.8, 4) is 67.3 Å². The van der Waals surface area contributed by atoms with Gasteiger partial charge in [-0.25, -0.2) is 9.97 Å². The Balaban J connectivity index is 0.000000229. The van der Waals surface area contributed by atoms with Crippen LogP contribution in [0.2, 0.25) is 0 Å². The molecule has 0 N–H and O–H groups in total. The number of hydrogen-bond acceptors (Lipinski definition) is 5. The third-order valence-electron chi connectivity index (χ3n) is 15.0. The maximum Gasteiger partial charge on any atom is 0.150 e. The molecular weight excluding hydrogens is 1260 g/mol. The standard InChI is InChI=1S/C50H42Br2N2.C21H25Br2N3O/c1-49(2,3)37-17-7-31(8-18-37)41-29-47(33-11-21-39(51)22-12-33)53-45-25-15-35(27-43(41)45)36-16-26-46-44(28-36)42(32-9-19-38(20-10-32)50(4,5)6)30-48(54-46)34-13-23-40(52)24-14-34;1-20(2,3)12-10-13(21(4,5)6)19(27-7)16(11-12)26-24-17-14(22)8-9-15(23)18(17)25-26/h7-30H,1-6H3;8-11H,1-7H3. The van der Waals surface area contributed by atoms with E-state index in [2.05, 4.69) is 305 Å². The van der Waals surface area contributed by atoms with Crippen LogP contribution in [-0.4, -0.2) is 32.1 Å². The van der Waals surface area contributed by atoms with Gasteiger partial charge >= 0.3 is 0 Å². The van der Waals surface area contributed by atoms with E-state index in [1.54, 1.807) is 11.9 Å². The minimum atomic E-state index is -0.0743. The summed E-state index contributed by atoms with van der Waals surface area (Å²) in [6, 6.07) is 61.1. The van der Waals surface area contributed by atoms with Crippen molar-refractivity contribution in [3.05, 3.63) is 210 Å². The molecule has 11 aromatic rings. The molecule has 0 saturated carbocycles. The number of nitrogens with zero attached hydrogens (tertiary/aromatic N) is 5. The van der Waals surface area contributed by atoms with Crippen molar-refractivity contribution in [3.63, 3.8) is 0 Å². The molecule has 6 nitrogen and oxygen atoms in total. The molecule has 3 heterocycles. The van der Waals surface area contributed by atoms with Crippen LogP contribution in [0.5, 0.6) is 5.75 Å². The van der Waals surface area contributed by atoms with E-state index in [1.807, 2.05) is 12.1 Å². The number of halogens is 4. The summed E-state index contributed by atoms with van der Waals surface area (Å²) in [6.45, 7) is 26.8. The normalized spacial score (nSPS) is 12.3. The van der Waals surface area contributed by atoms with Gasteiger partial charge in [-0.15, -0.1) is 15.0 Å². The van der Waals surface area contributed by atoms with E-state index in [9.17, 15) is 0 Å². The van der Waals surface area contributed by atoms with Crippen LogP contribution in [0.4, 0.5) is 0 Å². The van der Waals surface area contributed by atoms with Crippen LogP contribution in [0.1, 0.15) is 105 Å². The van der Waals surface area contributed by atoms with E-state index in [-0.39, 0.29) is 21.7 Å². The van der Waals surface area contributed by atoms with Crippen molar-refractivity contribution in [1.29, 1.82) is 0 Å². The molecular formula is C71H67Br4N5O. The minimum absolute atomic E-state index is 0.00519. The molecule has 10 heteroatoms. The Hall–Kier alpha value is -6.30. The average Bonchev–Trinajstić information content (AvgIpc) is 4.10. The Morgan fingerprint density at radius 2 is 0.741 bits per heavy atom. The number of pyridine rings is 2. The zero-order chi connectivity index (χ0) is 57.9. The first-order valence-corrected chi connectivity index (χ1v) is 30.5. The number of ether oxygens (including phenoxy) is 1. The molecule has 81 heavy (non-hydrogen) atoms. The Bertz CT molecular complexity index is 3910. The van der Waals surface area contributed by atoms with Gasteiger partial charge in [-0.1, -0.05) is 206 Å². The van der Waals surface area contributed by atoms with Crippen molar-refractivity contribution in [1.82, 2.24) is 25.0 Å². The highest BCUT2D eigenvalue weighted by molar-refractivity contribution is 9.11. The lowest BCUT2D eigenvalue weighted by atomic mass is 9.79. The van der Waals surface area contributed by atoms with Crippen LogP contribution in [0, 0.1) is 0 Å². The second kappa shape index (κ2) is 22.5. The predicted molar refractivity (Wildman–Crippen MR) is 355 cm³/mol. The SMILES string of the molecule is CC(C)(C)c1ccc(-c2cc(-c3ccc(Br)cc3)nc3ccc(-c4ccc5nc(-c6ccc(Br)cc6)cc(-c6ccc(C(C)(C)C)cc6)c5c4)cc23)cc1.COc1c(-n2nc3c(Br)ccc(Br)c3n2)cc(C(C)(C)C)cc1C(C)(C)C. The second-order valence-electron chi connectivity index (χ2n) is 25.0. The van der Waals surface area contributed by atoms with Crippen LogP contribution in [0.3, 0.4) is 0 Å². The first-order chi connectivity index (χ1) is 38.2. The summed E-state index contributed by atoms with van der Waals surface area (Å²) >= 11 is 14.3. The van der Waals surface area contributed by atoms with Gasteiger partial charge in [0.1, 0.15) is 22.5 Å². The maximum absolute atomic E-state index is 5.86. The van der Waals surface area contributed by atoms with Gasteiger partial charge in [0.25, 0.3) is 0 Å². The van der Waals surface area contributed by atoms with Crippen LogP contribution in [-0.2, 0) is 21.7 Å². The van der Waals surface area contributed by atoms with Gasteiger partial charge in [0, 0.05) is 45.4 Å². The van der Waals surface area contributed by atoms with Crippen molar-refractivity contribution >= 4 is 96.6 Å². The van der Waals surface area contributed by atoms with E-state index in [0.29, 0.717) is 0 Å². The fourth-order valence-corrected chi connectivity index (χ4v) is 11.5. The summed E-state index contributed by atoms with van der Waals surface area (Å²) in [5, 5.41) is 11.7. The Morgan fingerprint density at radius 1 is 0.370 bits per heavy atom. The molecule has 410 valence electrons. The van der Waals surface area contributed by atoms with Crippen molar-refractivity contribution < 1.29 is 4.74 Å². The van der Waals surface area contributed by atoms with Gasteiger partial charge in [0.15, 0.2) is 0 Å². The molecule has 0 aliphatic heterocycles. The Labute approximate surface area is 511 Å². The lowest BCUT2D eigenvalue weighted by molar-refractivity contribution is 0.392. The van der Waals surface area contributed by atoms with Gasteiger partial charge < -0.3 is 4.74 Å². The van der Waals surface area contributed by atoms with Crippen molar-refractivity contribution in [2.75, 3.05) is 7.11 Å². The summed E-state index contributed by atoms with van der Waals surface area (Å²) < 4.78 is 9.78. The number of rotatable bonds is 7. The van der Waals surface area contributed by atoms with Gasteiger partial charge in [0.2, 0.25) is 0 Å². The van der Waals surface area contributed by atoms with E-state index in [0.717, 1.165) is 101 Å². The third-order valence-corrected chi connectivity index (χ3v) is 17.3. The molecule has 0 atom stereocenters. The van der Waals surface area contributed by atoms with Gasteiger partial charge in [0.05, 0.1) is 29.5 Å². The zero-order valence-electron chi connectivity index (χ0n) is 48.3. The highest BCUT2D eigenvalue weighted by Crippen LogP contribution is 2.43. The van der Waals surface area contributed by atoms with Crippen LogP contribution >= 0.6 is 63.7 Å². The van der Waals surface area contributed by atoms with Crippen LogP contribution in [0.25, 0.3) is 94.4 Å². The number of fused-ring (bicyclic) bond motifs is 3. The first kappa shape index (κ1) is 57.9. The molecule has 0 radical (unpaired) electrons. The van der Waals surface area contributed by atoms with Crippen molar-refractivity contribution in [2.24, 2.45) is 0 Å². The fraction of sp³-hybridized carbons (Fsp3) is 0.239. The van der Waals surface area contributed by atoms with Crippen LogP contribution in [0.15, 0.2) is 188 Å². The fourth-order valence-electron chi connectivity index (χ4n) is 10.1. The van der Waals surface area contributed by atoms with E-state index >= 15 is 0 Å². The summed E-state index contributed by atoms with van der Waals surface area (Å²) in [7, 11) is 1.71. The first-order valence-electron chi connectivity index (χ1n) is 27.3. The molecule has 0 saturated heterocycles. The van der Waals surface area contributed by atoms with Crippen LogP contribution < -0.4 is 4.74 Å². The van der Waals surface area contributed by atoms with Gasteiger partial charge in [-0.2, -0.15) is 0 Å². The second-order valence-corrected chi connectivity index (χ2v) is 28.6. The molecule has 3 aromatic heterocycles. The molecule has 8 aromatic carbocycles. The Kier molecular flexibility index (Phi) is 16.1. The highest BCUT2D eigenvalue weighted by Gasteiger charge is 2.28. The molecule has 0 bridgehead atoms. The molecule has 0 aliphatic carbocycles. The van der Waals surface area contributed by atoms with Crippen molar-refractivity contribution in [2.45, 2.75) is 105 Å². The molecule has 0 aliphatic rings. The third kappa shape index (κ3) is 12.4. The highest BCUT2D eigenvalue weighted by atomic mass is 79.9. The minimum Gasteiger partial charge on any atom is -0.494 e. The average molecular weight is 1330 g/mol. The number of hydrogen-bond donors (Lipinski definition) is 0. The quantitative estimate of drug-likeness (QED) is 0.159.